The van der Waals surface area contributed by atoms with Gasteiger partial charge in [-0.05, 0) is 51.0 Å². The van der Waals surface area contributed by atoms with E-state index in [1.807, 2.05) is 19.2 Å². The summed E-state index contributed by atoms with van der Waals surface area (Å²) < 4.78 is 29.9. The number of aromatic nitrogens is 3. The molecule has 1 aliphatic heterocycles. The highest BCUT2D eigenvalue weighted by atomic mass is 35.5. The molecule has 0 unspecified atom stereocenters. The lowest BCUT2D eigenvalue weighted by Crippen LogP contribution is -2.29. The lowest BCUT2D eigenvalue weighted by atomic mass is 10.1. The van der Waals surface area contributed by atoms with Gasteiger partial charge in [-0.1, -0.05) is 17.7 Å². The van der Waals surface area contributed by atoms with E-state index in [0.29, 0.717) is 18.1 Å². The zero-order valence-electron chi connectivity index (χ0n) is 16.1. The molecule has 1 aromatic carbocycles. The Morgan fingerprint density at radius 2 is 2.04 bits per heavy atom. The molecular weight excluding hydrogens is 396 g/mol. The van der Waals surface area contributed by atoms with Gasteiger partial charge in [0.2, 0.25) is 10.0 Å². The van der Waals surface area contributed by atoms with Crippen LogP contribution in [0.1, 0.15) is 43.6 Å². The summed E-state index contributed by atoms with van der Waals surface area (Å²) in [7, 11) is -3.58. The first-order valence-electron chi connectivity index (χ1n) is 9.37. The number of nitrogens with zero attached hydrogens (tertiary/aromatic N) is 4. The van der Waals surface area contributed by atoms with Crippen LogP contribution < -0.4 is 0 Å². The van der Waals surface area contributed by atoms with Crippen LogP contribution in [-0.2, 0) is 10.0 Å². The summed E-state index contributed by atoms with van der Waals surface area (Å²) in [6, 6.07) is 7.02. The molecule has 1 atom stereocenters. The zero-order valence-corrected chi connectivity index (χ0v) is 17.7. The smallest absolute Gasteiger partial charge is 0.243 e. The van der Waals surface area contributed by atoms with Gasteiger partial charge < -0.3 is 4.57 Å². The molecular formula is C20H23ClN4O2S. The van der Waals surface area contributed by atoms with Crippen molar-refractivity contribution in [1.82, 2.24) is 18.8 Å². The third kappa shape index (κ3) is 3.21. The summed E-state index contributed by atoms with van der Waals surface area (Å²) in [5.74, 6) is 0.975. The zero-order chi connectivity index (χ0) is 20.1. The minimum atomic E-state index is -3.58. The predicted octanol–water partition coefficient (Wildman–Crippen LogP) is 4.15. The third-order valence-corrected chi connectivity index (χ3v) is 7.60. The largest absolute Gasteiger partial charge is 0.324 e. The maximum Gasteiger partial charge on any atom is 0.243 e. The Morgan fingerprint density at radius 1 is 1.25 bits per heavy atom. The van der Waals surface area contributed by atoms with Crippen LogP contribution in [0.25, 0.3) is 11.0 Å². The average molecular weight is 419 g/mol. The first-order valence-corrected chi connectivity index (χ1v) is 11.2. The lowest BCUT2D eigenvalue weighted by molar-refractivity contribution is 0.466. The maximum absolute atomic E-state index is 13.1. The van der Waals surface area contributed by atoms with Gasteiger partial charge in [0, 0.05) is 36.3 Å². The Balaban J connectivity index is 1.67. The third-order valence-electron chi connectivity index (χ3n) is 5.33. The number of pyridine rings is 1. The number of hydrogen-bond acceptors (Lipinski definition) is 4. The monoisotopic (exact) mass is 418 g/mol. The minimum Gasteiger partial charge on any atom is -0.324 e. The van der Waals surface area contributed by atoms with E-state index in [4.69, 9.17) is 16.6 Å². The Labute approximate surface area is 170 Å². The highest BCUT2D eigenvalue weighted by Crippen LogP contribution is 2.34. The summed E-state index contributed by atoms with van der Waals surface area (Å²) in [5, 5.41) is 0.464. The number of benzene rings is 1. The topological polar surface area (TPSA) is 68.1 Å². The van der Waals surface area contributed by atoms with Gasteiger partial charge in [0.15, 0.2) is 0 Å². The summed E-state index contributed by atoms with van der Waals surface area (Å²) in [4.78, 5) is 9.28. The summed E-state index contributed by atoms with van der Waals surface area (Å²) >= 11 is 6.15. The fraction of sp³-hybridized carbons (Fsp3) is 0.400. The Hall–Kier alpha value is -1.96. The van der Waals surface area contributed by atoms with Crippen molar-refractivity contribution in [2.24, 2.45) is 0 Å². The molecule has 148 valence electrons. The van der Waals surface area contributed by atoms with Crippen molar-refractivity contribution in [3.05, 3.63) is 53.1 Å². The van der Waals surface area contributed by atoms with Crippen molar-refractivity contribution in [3.63, 3.8) is 0 Å². The van der Waals surface area contributed by atoms with E-state index in [0.717, 1.165) is 28.8 Å². The molecule has 4 rings (SSSR count). The number of sulfonamides is 1. The van der Waals surface area contributed by atoms with Crippen LogP contribution in [0.4, 0.5) is 0 Å². The van der Waals surface area contributed by atoms with E-state index in [-0.39, 0.29) is 16.9 Å². The highest BCUT2D eigenvalue weighted by molar-refractivity contribution is 7.89. The summed E-state index contributed by atoms with van der Waals surface area (Å²) in [6.07, 6.45) is 4.29. The van der Waals surface area contributed by atoms with E-state index in [1.165, 1.54) is 6.07 Å². The van der Waals surface area contributed by atoms with Gasteiger partial charge in [-0.25, -0.2) is 13.4 Å². The predicted molar refractivity (Wildman–Crippen MR) is 110 cm³/mol. The van der Waals surface area contributed by atoms with E-state index in [1.54, 1.807) is 22.6 Å². The standard InChI is InChI=1S/C20H23ClN4O2S/c1-13(2)25-19-11-22-8-6-18(19)23-20(25)15-7-9-24(12-15)28(26,27)16-5-4-14(3)17(21)10-16/h4-6,8,10-11,13,15H,7,9,12H2,1-3H3/t15-/m1/s1. The fourth-order valence-electron chi connectivity index (χ4n) is 3.83. The highest BCUT2D eigenvalue weighted by Gasteiger charge is 2.36. The number of hydrogen-bond donors (Lipinski definition) is 0. The lowest BCUT2D eigenvalue weighted by Gasteiger charge is -2.19. The number of aryl methyl sites for hydroxylation is 1. The van der Waals surface area contributed by atoms with Crippen molar-refractivity contribution in [2.45, 2.75) is 44.0 Å². The van der Waals surface area contributed by atoms with Gasteiger partial charge in [-0.2, -0.15) is 4.31 Å². The molecule has 0 aliphatic carbocycles. The first-order chi connectivity index (χ1) is 13.3. The molecule has 1 saturated heterocycles. The number of fused-ring (bicyclic) bond motifs is 1. The second-order valence-corrected chi connectivity index (χ2v) is 9.90. The molecule has 0 spiro atoms. The van der Waals surface area contributed by atoms with Crippen LogP contribution in [-0.4, -0.2) is 40.3 Å². The normalized spacial score (nSPS) is 18.4. The summed E-state index contributed by atoms with van der Waals surface area (Å²) in [5.41, 5.74) is 2.74. The van der Waals surface area contributed by atoms with Gasteiger partial charge in [-0.3, -0.25) is 4.98 Å². The van der Waals surface area contributed by atoms with Crippen LogP contribution in [0.5, 0.6) is 0 Å². The molecule has 0 N–H and O–H groups in total. The van der Waals surface area contributed by atoms with Crippen molar-refractivity contribution in [2.75, 3.05) is 13.1 Å². The molecule has 3 heterocycles. The van der Waals surface area contributed by atoms with E-state index < -0.39 is 10.0 Å². The van der Waals surface area contributed by atoms with Crippen LogP contribution in [0, 0.1) is 6.92 Å². The minimum absolute atomic E-state index is 0.0468. The second kappa shape index (κ2) is 7.13. The van der Waals surface area contributed by atoms with Crippen LogP contribution in [0.15, 0.2) is 41.6 Å². The molecule has 28 heavy (non-hydrogen) atoms. The van der Waals surface area contributed by atoms with Gasteiger partial charge >= 0.3 is 0 Å². The molecule has 0 amide bonds. The van der Waals surface area contributed by atoms with E-state index in [9.17, 15) is 8.42 Å². The average Bonchev–Trinajstić information content (AvgIpc) is 3.28. The molecule has 0 saturated carbocycles. The van der Waals surface area contributed by atoms with Gasteiger partial charge in [-0.15, -0.1) is 0 Å². The van der Waals surface area contributed by atoms with Crippen molar-refractivity contribution >= 4 is 32.7 Å². The molecule has 6 nitrogen and oxygen atoms in total. The van der Waals surface area contributed by atoms with Crippen LogP contribution >= 0.6 is 11.6 Å². The Kier molecular flexibility index (Phi) is 4.93. The number of rotatable bonds is 4. The Bertz CT molecular complexity index is 1140. The molecule has 3 aromatic rings. The second-order valence-electron chi connectivity index (χ2n) is 7.56. The Morgan fingerprint density at radius 3 is 2.75 bits per heavy atom. The molecule has 1 aliphatic rings. The van der Waals surface area contributed by atoms with Gasteiger partial charge in [0.05, 0.1) is 22.1 Å². The SMILES string of the molecule is Cc1ccc(S(=O)(=O)N2CC[C@@H](c3nc4ccncc4n3C(C)C)C2)cc1Cl. The van der Waals surface area contributed by atoms with Crippen LogP contribution in [0.3, 0.4) is 0 Å². The molecule has 1 fully saturated rings. The van der Waals surface area contributed by atoms with Crippen molar-refractivity contribution < 1.29 is 8.42 Å². The first kappa shape index (κ1) is 19.4. The van der Waals surface area contributed by atoms with E-state index >= 15 is 0 Å². The molecule has 0 radical (unpaired) electrons. The molecule has 8 heteroatoms. The molecule has 2 aromatic heterocycles. The van der Waals surface area contributed by atoms with Crippen molar-refractivity contribution in [1.29, 1.82) is 0 Å². The van der Waals surface area contributed by atoms with Crippen LogP contribution in [0.2, 0.25) is 5.02 Å². The van der Waals surface area contributed by atoms with Gasteiger partial charge in [0.1, 0.15) is 5.82 Å². The maximum atomic E-state index is 13.1. The quantitative estimate of drug-likeness (QED) is 0.638. The van der Waals surface area contributed by atoms with Gasteiger partial charge in [0.25, 0.3) is 0 Å². The summed E-state index contributed by atoms with van der Waals surface area (Å²) in [6.45, 7) is 6.95. The number of halogens is 1. The van der Waals surface area contributed by atoms with Crippen molar-refractivity contribution in [3.8, 4) is 0 Å². The number of imidazole rings is 1. The van der Waals surface area contributed by atoms with E-state index in [2.05, 4.69) is 23.4 Å². The fourth-order valence-corrected chi connectivity index (χ4v) is 5.60. The molecule has 0 bridgehead atoms.